The number of carbonyl (C=O) groups is 1. The number of halogens is 1. The molecule has 78 valence electrons. The van der Waals surface area contributed by atoms with Crippen LogP contribution in [-0.2, 0) is 4.74 Å². The molecule has 0 aliphatic rings. The second-order valence-electron chi connectivity index (χ2n) is 2.64. The monoisotopic (exact) mass is 269 g/mol. The van der Waals surface area contributed by atoms with Gasteiger partial charge >= 0.3 is 5.97 Å². The molecule has 0 atom stereocenters. The van der Waals surface area contributed by atoms with Crippen molar-refractivity contribution in [1.82, 2.24) is 0 Å². The number of ether oxygens (including phenoxy) is 2. The lowest BCUT2D eigenvalue weighted by Crippen LogP contribution is -2.04. The van der Waals surface area contributed by atoms with Crippen molar-refractivity contribution < 1.29 is 14.3 Å². The van der Waals surface area contributed by atoms with Gasteiger partial charge in [0.15, 0.2) is 0 Å². The molecule has 1 aromatic carbocycles. The van der Waals surface area contributed by atoms with E-state index in [9.17, 15) is 4.79 Å². The maximum absolute atomic E-state index is 11.4. The number of nitriles is 1. The molecule has 0 aromatic heterocycles. The van der Waals surface area contributed by atoms with Gasteiger partial charge in [0.1, 0.15) is 11.8 Å². The summed E-state index contributed by atoms with van der Waals surface area (Å²) in [5.74, 6) is -0.0765. The Kier molecular flexibility index (Phi) is 3.69. The molecule has 0 heterocycles. The number of benzene rings is 1. The molecule has 0 bridgehead atoms. The predicted octanol–water partition coefficient (Wildman–Crippen LogP) is 2.12. The van der Waals surface area contributed by atoms with Crippen molar-refractivity contribution >= 4 is 21.9 Å². The number of rotatable bonds is 2. The molecule has 0 unspecified atom stereocenters. The quantitative estimate of drug-likeness (QED) is 0.772. The number of carbonyl (C=O) groups excluding carboxylic acids is 1. The zero-order valence-corrected chi connectivity index (χ0v) is 9.79. The number of esters is 1. The van der Waals surface area contributed by atoms with E-state index in [1.807, 2.05) is 6.07 Å². The highest BCUT2D eigenvalue weighted by Gasteiger charge is 2.15. The highest BCUT2D eigenvalue weighted by atomic mass is 79.9. The Bertz CT molecular complexity index is 437. The first kappa shape index (κ1) is 11.5. The molecular formula is C10H8BrNO3. The van der Waals surface area contributed by atoms with Crippen molar-refractivity contribution in [3.63, 3.8) is 0 Å². The average Bonchev–Trinajstić information content (AvgIpc) is 2.28. The van der Waals surface area contributed by atoms with Crippen LogP contribution >= 0.6 is 15.9 Å². The minimum Gasteiger partial charge on any atom is -0.497 e. The zero-order chi connectivity index (χ0) is 11.4. The molecule has 0 aliphatic heterocycles. The van der Waals surface area contributed by atoms with Crippen LogP contribution in [0.15, 0.2) is 16.6 Å². The van der Waals surface area contributed by atoms with Crippen molar-refractivity contribution in [3.8, 4) is 11.8 Å². The summed E-state index contributed by atoms with van der Waals surface area (Å²) >= 11 is 3.17. The van der Waals surface area contributed by atoms with Crippen LogP contribution in [0.2, 0.25) is 0 Å². The fourth-order valence-corrected chi connectivity index (χ4v) is 1.54. The number of nitrogens with zero attached hydrogens (tertiary/aromatic N) is 1. The Labute approximate surface area is 95.5 Å². The van der Waals surface area contributed by atoms with Crippen LogP contribution in [0.4, 0.5) is 0 Å². The van der Waals surface area contributed by atoms with Crippen molar-refractivity contribution in [2.45, 2.75) is 0 Å². The molecule has 0 spiro atoms. The third-order valence-corrected chi connectivity index (χ3v) is 2.66. The summed E-state index contributed by atoms with van der Waals surface area (Å²) < 4.78 is 9.96. The van der Waals surface area contributed by atoms with Crippen LogP contribution in [0, 0.1) is 11.3 Å². The third-order valence-electron chi connectivity index (χ3n) is 1.81. The minimum atomic E-state index is -0.516. The van der Waals surface area contributed by atoms with Crippen molar-refractivity contribution in [2.24, 2.45) is 0 Å². The first-order valence-corrected chi connectivity index (χ1v) is 4.79. The highest BCUT2D eigenvalue weighted by molar-refractivity contribution is 9.10. The van der Waals surface area contributed by atoms with Gasteiger partial charge in [0.2, 0.25) is 0 Å². The van der Waals surface area contributed by atoms with Gasteiger partial charge in [-0.3, -0.25) is 0 Å². The van der Waals surface area contributed by atoms with Gasteiger partial charge in [-0.2, -0.15) is 5.26 Å². The van der Waals surface area contributed by atoms with Crippen LogP contribution in [0.3, 0.4) is 0 Å². The van der Waals surface area contributed by atoms with Gasteiger partial charge in [-0.25, -0.2) is 4.79 Å². The van der Waals surface area contributed by atoms with Crippen molar-refractivity contribution in [2.75, 3.05) is 14.2 Å². The Balaban J connectivity index is 3.38. The Morgan fingerprint density at radius 2 is 2.13 bits per heavy atom. The van der Waals surface area contributed by atoms with Crippen LogP contribution in [0.1, 0.15) is 15.9 Å². The highest BCUT2D eigenvalue weighted by Crippen LogP contribution is 2.27. The summed E-state index contributed by atoms with van der Waals surface area (Å²) in [5.41, 5.74) is 0.600. The summed E-state index contributed by atoms with van der Waals surface area (Å²) in [6.07, 6.45) is 0. The summed E-state index contributed by atoms with van der Waals surface area (Å²) in [4.78, 5) is 11.4. The van der Waals surface area contributed by atoms with Gasteiger partial charge in [-0.05, 0) is 28.1 Å². The molecule has 0 aliphatic carbocycles. The lowest BCUT2D eigenvalue weighted by atomic mass is 10.1. The second-order valence-corrected chi connectivity index (χ2v) is 3.43. The largest absolute Gasteiger partial charge is 0.497 e. The Morgan fingerprint density at radius 3 is 2.60 bits per heavy atom. The van der Waals surface area contributed by atoms with Crippen LogP contribution < -0.4 is 4.74 Å². The molecule has 0 N–H and O–H groups in total. The molecule has 0 saturated heterocycles. The van der Waals surface area contributed by atoms with E-state index < -0.39 is 5.97 Å². The Hall–Kier alpha value is -1.54. The summed E-state index contributed by atoms with van der Waals surface area (Å²) in [6.45, 7) is 0. The van der Waals surface area contributed by atoms with Crippen LogP contribution in [0.25, 0.3) is 0 Å². The van der Waals surface area contributed by atoms with E-state index in [1.54, 1.807) is 0 Å². The van der Waals surface area contributed by atoms with E-state index >= 15 is 0 Å². The number of hydrogen-bond donors (Lipinski definition) is 0. The lowest BCUT2D eigenvalue weighted by Gasteiger charge is -2.07. The lowest BCUT2D eigenvalue weighted by molar-refractivity contribution is 0.0599. The van der Waals surface area contributed by atoms with E-state index in [-0.39, 0.29) is 5.56 Å². The second kappa shape index (κ2) is 4.80. The molecule has 4 nitrogen and oxygen atoms in total. The van der Waals surface area contributed by atoms with Gasteiger partial charge in [-0.15, -0.1) is 0 Å². The van der Waals surface area contributed by atoms with E-state index in [0.717, 1.165) is 0 Å². The van der Waals surface area contributed by atoms with Gasteiger partial charge in [-0.1, -0.05) is 0 Å². The fourth-order valence-electron chi connectivity index (χ4n) is 1.06. The van der Waals surface area contributed by atoms with E-state index in [4.69, 9.17) is 10.00 Å². The summed E-state index contributed by atoms with van der Waals surface area (Å²) in [7, 11) is 2.74. The summed E-state index contributed by atoms with van der Waals surface area (Å²) in [5, 5.41) is 8.83. The zero-order valence-electron chi connectivity index (χ0n) is 8.20. The first-order chi connectivity index (χ1) is 7.13. The molecule has 0 radical (unpaired) electrons. The molecular weight excluding hydrogens is 262 g/mol. The number of methoxy groups -OCH3 is 2. The SMILES string of the molecule is COC(=O)c1cc(OC)cc(C#N)c1Br. The van der Waals surface area contributed by atoms with E-state index in [1.165, 1.54) is 26.4 Å². The van der Waals surface area contributed by atoms with Crippen LogP contribution in [-0.4, -0.2) is 20.2 Å². The van der Waals surface area contributed by atoms with Gasteiger partial charge < -0.3 is 9.47 Å². The maximum atomic E-state index is 11.4. The molecule has 0 amide bonds. The fraction of sp³-hybridized carbons (Fsp3) is 0.200. The topological polar surface area (TPSA) is 59.3 Å². The molecule has 0 saturated carbocycles. The van der Waals surface area contributed by atoms with Crippen LogP contribution in [0.5, 0.6) is 5.75 Å². The van der Waals surface area contributed by atoms with Crippen molar-refractivity contribution in [1.29, 1.82) is 5.26 Å². The molecule has 15 heavy (non-hydrogen) atoms. The average molecular weight is 270 g/mol. The number of hydrogen-bond acceptors (Lipinski definition) is 4. The van der Waals surface area contributed by atoms with E-state index in [0.29, 0.717) is 15.8 Å². The molecule has 1 aromatic rings. The summed E-state index contributed by atoms with van der Waals surface area (Å²) in [6, 6.07) is 5.00. The minimum absolute atomic E-state index is 0.272. The maximum Gasteiger partial charge on any atom is 0.339 e. The standard InChI is InChI=1S/C10H8BrNO3/c1-14-7-3-6(5-12)9(11)8(4-7)10(13)15-2/h3-4H,1-2H3. The normalized spacial score (nSPS) is 9.20. The van der Waals surface area contributed by atoms with E-state index in [2.05, 4.69) is 20.7 Å². The third kappa shape index (κ3) is 2.28. The van der Waals surface area contributed by atoms with Gasteiger partial charge in [0, 0.05) is 0 Å². The first-order valence-electron chi connectivity index (χ1n) is 4.00. The smallest absolute Gasteiger partial charge is 0.339 e. The van der Waals surface area contributed by atoms with Gasteiger partial charge in [0.05, 0.1) is 29.8 Å². The molecule has 1 rings (SSSR count). The molecule has 5 heteroatoms. The van der Waals surface area contributed by atoms with Crippen molar-refractivity contribution in [3.05, 3.63) is 27.7 Å². The Morgan fingerprint density at radius 1 is 1.47 bits per heavy atom. The van der Waals surface area contributed by atoms with Gasteiger partial charge in [0.25, 0.3) is 0 Å². The molecule has 0 fully saturated rings. The predicted molar refractivity (Wildman–Crippen MR) is 56.7 cm³/mol.